The van der Waals surface area contributed by atoms with Crippen LogP contribution in [-0.2, 0) is 11.3 Å². The van der Waals surface area contributed by atoms with Crippen LogP contribution in [-0.4, -0.2) is 35.4 Å². The van der Waals surface area contributed by atoms with Gasteiger partial charge in [0.15, 0.2) is 6.61 Å². The highest BCUT2D eigenvalue weighted by molar-refractivity contribution is 5.94. The Morgan fingerprint density at radius 3 is 2.48 bits per heavy atom. The number of hydrogen-bond acceptors (Lipinski definition) is 4. The molecule has 2 aromatic rings. The number of nitrogens with one attached hydrogen (secondary N) is 1. The number of piperidine rings is 1. The molecule has 1 N–H and O–H groups in total. The highest BCUT2D eigenvalue weighted by atomic mass is 16.5. The van der Waals surface area contributed by atoms with Gasteiger partial charge in [-0.3, -0.25) is 9.59 Å². The van der Waals surface area contributed by atoms with Crippen LogP contribution in [0.25, 0.3) is 0 Å². The maximum Gasteiger partial charge on any atom is 0.260 e. The Kier molecular flexibility index (Phi) is 6.16. The van der Waals surface area contributed by atoms with Crippen molar-refractivity contribution in [1.29, 1.82) is 0 Å². The van der Waals surface area contributed by atoms with E-state index in [9.17, 15) is 9.59 Å². The molecule has 2 atom stereocenters. The molecule has 0 bridgehead atoms. The fourth-order valence-corrected chi connectivity index (χ4v) is 3.52. The summed E-state index contributed by atoms with van der Waals surface area (Å²) in [5.74, 6) is 1.09. The standard InChI is InChI=1S/C21H26N2O4/c1-15-5-3-6-16(2)23(15)20(24)14-27-18-10-8-17(9-11-18)21(25)22-13-19-7-4-12-26-19/h4,7-12,15-16H,3,5-6,13-14H2,1-2H3,(H,22,25). The average Bonchev–Trinajstić information content (AvgIpc) is 3.18. The first-order chi connectivity index (χ1) is 13.0. The van der Waals surface area contributed by atoms with E-state index >= 15 is 0 Å². The summed E-state index contributed by atoms with van der Waals surface area (Å²) in [4.78, 5) is 26.6. The molecule has 2 unspecified atom stereocenters. The van der Waals surface area contributed by atoms with Gasteiger partial charge in [0.2, 0.25) is 0 Å². The highest BCUT2D eigenvalue weighted by Crippen LogP contribution is 2.23. The smallest absolute Gasteiger partial charge is 0.260 e. The number of carbonyl (C=O) groups excluding carboxylic acids is 2. The molecule has 0 aliphatic carbocycles. The van der Waals surface area contributed by atoms with Crippen molar-refractivity contribution in [1.82, 2.24) is 10.2 Å². The molecule has 0 spiro atoms. The lowest BCUT2D eigenvalue weighted by molar-refractivity contribution is -0.139. The lowest BCUT2D eigenvalue weighted by atomic mass is 9.97. The van der Waals surface area contributed by atoms with E-state index in [4.69, 9.17) is 9.15 Å². The summed E-state index contributed by atoms with van der Waals surface area (Å²) in [5, 5.41) is 2.79. The van der Waals surface area contributed by atoms with Gasteiger partial charge in [0.1, 0.15) is 11.5 Å². The Labute approximate surface area is 159 Å². The lowest BCUT2D eigenvalue weighted by Crippen LogP contribution is -2.49. The molecule has 0 saturated carbocycles. The molecule has 6 heteroatoms. The van der Waals surface area contributed by atoms with Crippen molar-refractivity contribution in [3.63, 3.8) is 0 Å². The first-order valence-corrected chi connectivity index (χ1v) is 9.39. The van der Waals surface area contributed by atoms with Crippen LogP contribution in [0.2, 0.25) is 0 Å². The number of likely N-dealkylation sites (tertiary alicyclic amines) is 1. The van der Waals surface area contributed by atoms with Gasteiger partial charge in [-0.1, -0.05) is 0 Å². The van der Waals surface area contributed by atoms with Crippen LogP contribution in [0.4, 0.5) is 0 Å². The van der Waals surface area contributed by atoms with Crippen molar-refractivity contribution in [2.75, 3.05) is 6.61 Å². The van der Waals surface area contributed by atoms with Crippen LogP contribution < -0.4 is 10.1 Å². The zero-order valence-corrected chi connectivity index (χ0v) is 15.8. The van der Waals surface area contributed by atoms with E-state index in [1.54, 1.807) is 42.7 Å². The topological polar surface area (TPSA) is 71.8 Å². The molecule has 3 rings (SSSR count). The third-order valence-electron chi connectivity index (χ3n) is 4.96. The van der Waals surface area contributed by atoms with Gasteiger partial charge in [0.05, 0.1) is 12.8 Å². The van der Waals surface area contributed by atoms with Gasteiger partial charge in [0, 0.05) is 17.6 Å². The van der Waals surface area contributed by atoms with Crippen molar-refractivity contribution in [2.24, 2.45) is 0 Å². The molecule has 1 aromatic carbocycles. The molecule has 1 aliphatic heterocycles. The van der Waals surface area contributed by atoms with Crippen LogP contribution >= 0.6 is 0 Å². The molecule has 1 aromatic heterocycles. The molecule has 6 nitrogen and oxygen atoms in total. The van der Waals surface area contributed by atoms with Gasteiger partial charge in [-0.15, -0.1) is 0 Å². The molecular weight excluding hydrogens is 344 g/mol. The third kappa shape index (κ3) is 4.90. The van der Waals surface area contributed by atoms with Crippen LogP contribution in [0.1, 0.15) is 49.2 Å². The molecule has 2 heterocycles. The quantitative estimate of drug-likeness (QED) is 0.846. The van der Waals surface area contributed by atoms with E-state index in [0.717, 1.165) is 19.3 Å². The predicted molar refractivity (Wildman–Crippen MR) is 101 cm³/mol. The second-order valence-corrected chi connectivity index (χ2v) is 7.01. The van der Waals surface area contributed by atoms with E-state index in [1.807, 2.05) is 4.90 Å². The molecule has 2 amide bonds. The van der Waals surface area contributed by atoms with E-state index in [-0.39, 0.29) is 30.5 Å². The SMILES string of the molecule is CC1CCCC(C)N1C(=O)COc1ccc(C(=O)NCc2ccco2)cc1. The molecule has 27 heavy (non-hydrogen) atoms. The molecule has 144 valence electrons. The Balaban J connectivity index is 1.50. The third-order valence-corrected chi connectivity index (χ3v) is 4.96. The van der Waals surface area contributed by atoms with E-state index in [2.05, 4.69) is 19.2 Å². The van der Waals surface area contributed by atoms with Crippen molar-refractivity contribution >= 4 is 11.8 Å². The summed E-state index contributed by atoms with van der Waals surface area (Å²) in [6.07, 6.45) is 4.81. The molecule has 1 fully saturated rings. The van der Waals surface area contributed by atoms with Gasteiger partial charge in [-0.2, -0.15) is 0 Å². The van der Waals surface area contributed by atoms with Crippen molar-refractivity contribution in [2.45, 2.75) is 51.7 Å². The number of amides is 2. The predicted octanol–water partition coefficient (Wildman–Crippen LogP) is 3.38. The summed E-state index contributed by atoms with van der Waals surface area (Å²) in [6.45, 7) is 4.52. The summed E-state index contributed by atoms with van der Waals surface area (Å²) in [7, 11) is 0. The second-order valence-electron chi connectivity index (χ2n) is 7.01. The maximum absolute atomic E-state index is 12.5. The second kappa shape index (κ2) is 8.75. The van der Waals surface area contributed by atoms with Crippen LogP contribution in [0, 0.1) is 0 Å². The number of benzene rings is 1. The van der Waals surface area contributed by atoms with E-state index < -0.39 is 0 Å². The first kappa shape index (κ1) is 19.0. The van der Waals surface area contributed by atoms with Gasteiger partial charge in [-0.25, -0.2) is 0 Å². The largest absolute Gasteiger partial charge is 0.484 e. The van der Waals surface area contributed by atoms with Gasteiger partial charge in [0.25, 0.3) is 11.8 Å². The fourth-order valence-electron chi connectivity index (χ4n) is 3.52. The normalized spacial score (nSPS) is 19.6. The van der Waals surface area contributed by atoms with Crippen LogP contribution in [0.15, 0.2) is 47.1 Å². The molecule has 1 aliphatic rings. The van der Waals surface area contributed by atoms with Crippen molar-refractivity contribution < 1.29 is 18.7 Å². The Bertz CT molecular complexity index is 745. The Morgan fingerprint density at radius 1 is 1.15 bits per heavy atom. The lowest BCUT2D eigenvalue weighted by Gasteiger charge is -2.38. The van der Waals surface area contributed by atoms with E-state index in [0.29, 0.717) is 23.6 Å². The minimum Gasteiger partial charge on any atom is -0.484 e. The Morgan fingerprint density at radius 2 is 1.85 bits per heavy atom. The number of carbonyl (C=O) groups is 2. The number of furan rings is 1. The average molecular weight is 370 g/mol. The minimum absolute atomic E-state index is 0.00923. The molecular formula is C21H26N2O4. The van der Waals surface area contributed by atoms with Crippen LogP contribution in [0.5, 0.6) is 5.75 Å². The zero-order valence-electron chi connectivity index (χ0n) is 15.8. The summed E-state index contributed by atoms with van der Waals surface area (Å²) < 4.78 is 10.8. The van der Waals surface area contributed by atoms with Crippen LogP contribution in [0.3, 0.4) is 0 Å². The highest BCUT2D eigenvalue weighted by Gasteiger charge is 2.28. The van der Waals surface area contributed by atoms with Gasteiger partial charge < -0.3 is 19.4 Å². The summed E-state index contributed by atoms with van der Waals surface area (Å²) >= 11 is 0. The number of hydrogen-bond donors (Lipinski definition) is 1. The number of rotatable bonds is 6. The summed E-state index contributed by atoms with van der Waals surface area (Å²) in [5.41, 5.74) is 0.526. The maximum atomic E-state index is 12.5. The van der Waals surface area contributed by atoms with Crippen molar-refractivity contribution in [3.8, 4) is 5.75 Å². The zero-order chi connectivity index (χ0) is 19.2. The monoisotopic (exact) mass is 370 g/mol. The Hall–Kier alpha value is -2.76. The van der Waals surface area contributed by atoms with Gasteiger partial charge in [-0.05, 0) is 69.5 Å². The molecule has 0 radical (unpaired) electrons. The fraction of sp³-hybridized carbons (Fsp3) is 0.429. The van der Waals surface area contributed by atoms with E-state index in [1.165, 1.54) is 0 Å². The molecule has 1 saturated heterocycles. The first-order valence-electron chi connectivity index (χ1n) is 9.39. The summed E-state index contributed by atoms with van der Waals surface area (Å²) in [6, 6.07) is 10.9. The number of ether oxygens (including phenoxy) is 1. The van der Waals surface area contributed by atoms with Gasteiger partial charge >= 0.3 is 0 Å². The van der Waals surface area contributed by atoms with Crippen molar-refractivity contribution in [3.05, 3.63) is 54.0 Å². The number of nitrogens with zero attached hydrogens (tertiary/aromatic N) is 1. The minimum atomic E-state index is -0.190.